The van der Waals surface area contributed by atoms with E-state index in [9.17, 15) is 9.59 Å². The number of aliphatic hydroxyl groups excluding tert-OH is 1. The van der Waals surface area contributed by atoms with Gasteiger partial charge in [-0.15, -0.1) is 0 Å². The van der Waals surface area contributed by atoms with E-state index in [4.69, 9.17) is 17.3 Å². The number of nitrogens with one attached hydrogen (secondary N) is 1. The Morgan fingerprint density at radius 3 is 2.82 bits per heavy atom. The molecule has 7 nitrogen and oxygen atoms in total. The van der Waals surface area contributed by atoms with Gasteiger partial charge in [-0.25, -0.2) is 4.98 Å². The summed E-state index contributed by atoms with van der Waals surface area (Å²) in [4.78, 5) is 32.4. The first-order chi connectivity index (χ1) is 13.4. The highest BCUT2D eigenvalue weighted by molar-refractivity contribution is 8.26. The van der Waals surface area contributed by atoms with Crippen molar-refractivity contribution < 1.29 is 9.90 Å². The van der Waals surface area contributed by atoms with Crippen LogP contribution in [0.15, 0.2) is 28.0 Å². The molecule has 1 aliphatic rings. The molecule has 1 saturated heterocycles. The van der Waals surface area contributed by atoms with E-state index in [1.54, 1.807) is 23.2 Å². The van der Waals surface area contributed by atoms with Gasteiger partial charge in [0.05, 0.1) is 17.1 Å². The van der Waals surface area contributed by atoms with Crippen molar-refractivity contribution in [3.05, 3.63) is 44.7 Å². The summed E-state index contributed by atoms with van der Waals surface area (Å²) in [6, 6.07) is 3.62. The van der Waals surface area contributed by atoms with Gasteiger partial charge in [0, 0.05) is 18.8 Å². The second-order valence-corrected chi connectivity index (χ2v) is 8.25. The topological polar surface area (TPSA) is 86.9 Å². The van der Waals surface area contributed by atoms with Crippen molar-refractivity contribution in [1.82, 2.24) is 14.3 Å². The Bertz CT molecular complexity index is 1030. The molecule has 0 aromatic carbocycles. The molecule has 0 saturated carbocycles. The van der Waals surface area contributed by atoms with Crippen LogP contribution in [0.2, 0.25) is 0 Å². The van der Waals surface area contributed by atoms with E-state index in [0.29, 0.717) is 20.7 Å². The lowest BCUT2D eigenvalue weighted by Gasteiger charge is -2.21. The average molecular weight is 419 g/mol. The number of aromatic nitrogens is 2. The minimum absolute atomic E-state index is 0.0103. The molecule has 3 heterocycles. The summed E-state index contributed by atoms with van der Waals surface area (Å²) in [6.07, 6.45) is 4.04. The summed E-state index contributed by atoms with van der Waals surface area (Å²) >= 11 is 6.55. The summed E-state index contributed by atoms with van der Waals surface area (Å²) in [5.41, 5.74) is 1.38. The van der Waals surface area contributed by atoms with Gasteiger partial charge in [-0.05, 0) is 38.0 Å². The fourth-order valence-electron chi connectivity index (χ4n) is 2.87. The number of pyridine rings is 1. The normalized spacial score (nSPS) is 17.0. The molecular weight excluding hydrogens is 396 g/mol. The van der Waals surface area contributed by atoms with E-state index in [1.165, 1.54) is 16.2 Å². The van der Waals surface area contributed by atoms with Crippen molar-refractivity contribution in [3.63, 3.8) is 0 Å². The van der Waals surface area contributed by atoms with Crippen LogP contribution in [-0.4, -0.2) is 48.8 Å². The van der Waals surface area contributed by atoms with Crippen LogP contribution < -0.4 is 10.9 Å². The Morgan fingerprint density at radius 1 is 1.39 bits per heavy atom. The van der Waals surface area contributed by atoms with Gasteiger partial charge in [-0.3, -0.25) is 18.9 Å². The molecule has 0 bridgehead atoms. The molecular formula is C19H22N4O3S2. The minimum Gasteiger partial charge on any atom is -0.395 e. The summed E-state index contributed by atoms with van der Waals surface area (Å²) in [7, 11) is 0. The summed E-state index contributed by atoms with van der Waals surface area (Å²) in [6.45, 7) is 5.96. The lowest BCUT2D eigenvalue weighted by Crippen LogP contribution is -2.36. The zero-order valence-corrected chi connectivity index (χ0v) is 17.6. The number of thiocarbonyl (C=S) groups is 1. The number of nitrogens with zero attached hydrogens (tertiary/aromatic N) is 3. The van der Waals surface area contributed by atoms with Crippen LogP contribution in [-0.2, 0) is 4.79 Å². The van der Waals surface area contributed by atoms with Crippen LogP contribution >= 0.6 is 24.0 Å². The second-order valence-electron chi connectivity index (χ2n) is 6.57. The van der Waals surface area contributed by atoms with E-state index >= 15 is 0 Å². The molecule has 1 unspecified atom stereocenters. The standard InChI is InChI=1S/C19H22N4O3S2/c1-4-12(3)23-18(26)14(28-19(23)27)9-13-16(20-7-8-24)21-15-6-5-11(2)10-22(15)17(13)25/h5-6,9-10,12,20,24H,4,7-8H2,1-3H3/b14-9-. The number of anilines is 1. The lowest BCUT2D eigenvalue weighted by molar-refractivity contribution is -0.123. The highest BCUT2D eigenvalue weighted by Crippen LogP contribution is 2.34. The zero-order chi connectivity index (χ0) is 20.4. The first-order valence-corrected chi connectivity index (χ1v) is 10.2. The van der Waals surface area contributed by atoms with Crippen LogP contribution in [0.4, 0.5) is 5.82 Å². The third kappa shape index (κ3) is 3.82. The number of carbonyl (C=O) groups is 1. The lowest BCUT2D eigenvalue weighted by atomic mass is 10.2. The Morgan fingerprint density at radius 2 is 2.14 bits per heavy atom. The molecule has 0 radical (unpaired) electrons. The fourth-order valence-corrected chi connectivity index (χ4v) is 4.32. The number of fused-ring (bicyclic) bond motifs is 1. The molecule has 1 aliphatic heterocycles. The third-order valence-electron chi connectivity index (χ3n) is 4.54. The van der Waals surface area contributed by atoms with E-state index in [-0.39, 0.29) is 36.2 Å². The largest absolute Gasteiger partial charge is 0.395 e. The van der Waals surface area contributed by atoms with Gasteiger partial charge in [0.25, 0.3) is 11.5 Å². The van der Waals surface area contributed by atoms with Crippen molar-refractivity contribution in [2.24, 2.45) is 0 Å². The third-order valence-corrected chi connectivity index (χ3v) is 5.87. The van der Waals surface area contributed by atoms with Crippen molar-refractivity contribution in [2.75, 3.05) is 18.5 Å². The van der Waals surface area contributed by atoms with Crippen molar-refractivity contribution >= 4 is 51.7 Å². The molecule has 2 N–H and O–H groups in total. The second kappa shape index (κ2) is 8.42. The molecule has 9 heteroatoms. The van der Waals surface area contributed by atoms with E-state index < -0.39 is 0 Å². The van der Waals surface area contributed by atoms with Crippen molar-refractivity contribution in [3.8, 4) is 0 Å². The number of aryl methyl sites for hydroxylation is 1. The predicted molar refractivity (Wildman–Crippen MR) is 117 cm³/mol. The Labute approximate surface area is 172 Å². The van der Waals surface area contributed by atoms with Gasteiger partial charge in [0.15, 0.2) is 0 Å². The molecule has 1 atom stereocenters. The van der Waals surface area contributed by atoms with E-state index in [2.05, 4.69) is 10.3 Å². The van der Waals surface area contributed by atoms with E-state index in [1.807, 2.05) is 26.8 Å². The molecule has 148 valence electrons. The summed E-state index contributed by atoms with van der Waals surface area (Å²) in [5.74, 6) is 0.128. The monoisotopic (exact) mass is 418 g/mol. The highest BCUT2D eigenvalue weighted by Gasteiger charge is 2.35. The SMILES string of the molecule is CCC(C)N1C(=O)/C(=C/c2c(NCCO)nc3ccc(C)cn3c2=O)SC1=S. The average Bonchev–Trinajstić information content (AvgIpc) is 2.95. The minimum atomic E-state index is -0.289. The first-order valence-electron chi connectivity index (χ1n) is 9.02. The van der Waals surface area contributed by atoms with Crippen molar-refractivity contribution in [2.45, 2.75) is 33.2 Å². The van der Waals surface area contributed by atoms with Crippen LogP contribution in [0.25, 0.3) is 11.7 Å². The Hall–Kier alpha value is -2.23. The van der Waals surface area contributed by atoms with Gasteiger partial charge < -0.3 is 10.4 Å². The maximum atomic E-state index is 13.1. The van der Waals surface area contributed by atoms with Gasteiger partial charge in [-0.2, -0.15) is 0 Å². The fraction of sp³-hybridized carbons (Fsp3) is 0.368. The number of carbonyl (C=O) groups excluding carboxylic acids is 1. The molecule has 1 amide bonds. The molecule has 2 aromatic heterocycles. The molecule has 0 aliphatic carbocycles. The van der Waals surface area contributed by atoms with Crippen LogP contribution in [0, 0.1) is 6.92 Å². The molecule has 28 heavy (non-hydrogen) atoms. The number of aliphatic hydroxyl groups is 1. The highest BCUT2D eigenvalue weighted by atomic mass is 32.2. The number of rotatable bonds is 6. The zero-order valence-electron chi connectivity index (χ0n) is 15.9. The quantitative estimate of drug-likeness (QED) is 0.550. The predicted octanol–water partition coefficient (Wildman–Crippen LogP) is 2.41. The molecule has 2 aromatic rings. The molecule has 0 spiro atoms. The Kier molecular flexibility index (Phi) is 6.17. The van der Waals surface area contributed by atoms with Gasteiger partial charge >= 0.3 is 0 Å². The van der Waals surface area contributed by atoms with Crippen LogP contribution in [0.5, 0.6) is 0 Å². The van der Waals surface area contributed by atoms with Gasteiger partial charge in [0.2, 0.25) is 0 Å². The van der Waals surface area contributed by atoms with Gasteiger partial charge in [-0.1, -0.05) is 37.0 Å². The van der Waals surface area contributed by atoms with Gasteiger partial charge in [0.1, 0.15) is 15.8 Å². The maximum absolute atomic E-state index is 13.1. The van der Waals surface area contributed by atoms with Crippen LogP contribution in [0.3, 0.4) is 0 Å². The summed E-state index contributed by atoms with van der Waals surface area (Å²) < 4.78 is 1.95. The summed E-state index contributed by atoms with van der Waals surface area (Å²) in [5, 5.41) is 12.1. The molecule has 3 rings (SSSR count). The number of hydrogen-bond donors (Lipinski definition) is 2. The van der Waals surface area contributed by atoms with Crippen molar-refractivity contribution in [1.29, 1.82) is 0 Å². The number of amides is 1. The van der Waals surface area contributed by atoms with Crippen LogP contribution in [0.1, 0.15) is 31.4 Å². The van der Waals surface area contributed by atoms with E-state index in [0.717, 1.165) is 12.0 Å². The smallest absolute Gasteiger partial charge is 0.267 e. The molecule has 1 fully saturated rings. The number of hydrogen-bond acceptors (Lipinski definition) is 7. The number of thioether (sulfide) groups is 1. The first kappa shape index (κ1) is 20.5. The Balaban J connectivity index is 2.14. The maximum Gasteiger partial charge on any atom is 0.267 e.